The number of anilines is 1. The lowest BCUT2D eigenvalue weighted by Crippen LogP contribution is -1.96. The third kappa shape index (κ3) is 2.14. The van der Waals surface area contributed by atoms with E-state index >= 15 is 0 Å². The number of rotatable bonds is 2. The summed E-state index contributed by atoms with van der Waals surface area (Å²) in [4.78, 5) is 4.12. The summed E-state index contributed by atoms with van der Waals surface area (Å²) in [6.07, 6.45) is 0. The van der Waals surface area contributed by atoms with Crippen molar-refractivity contribution in [1.29, 1.82) is 0 Å². The third-order valence-electron chi connectivity index (χ3n) is 2.26. The van der Waals surface area contributed by atoms with E-state index in [4.69, 9.17) is 17.3 Å². The molecule has 1 heterocycles. The summed E-state index contributed by atoms with van der Waals surface area (Å²) in [5.74, 6) is 0.377. The van der Waals surface area contributed by atoms with Crippen molar-refractivity contribution in [2.45, 2.75) is 5.88 Å². The SMILES string of the molecule is Nc1ccc(-c2cccc(F)c2)c(CCl)n1. The van der Waals surface area contributed by atoms with Crippen LogP contribution >= 0.6 is 11.6 Å². The molecule has 2 rings (SSSR count). The highest BCUT2D eigenvalue weighted by atomic mass is 35.5. The molecule has 0 bridgehead atoms. The summed E-state index contributed by atoms with van der Waals surface area (Å²) in [6, 6.07) is 9.79. The zero-order valence-electron chi connectivity index (χ0n) is 8.45. The molecule has 0 saturated carbocycles. The molecule has 0 aliphatic heterocycles. The molecule has 1 aromatic carbocycles. The van der Waals surface area contributed by atoms with Crippen molar-refractivity contribution < 1.29 is 4.39 Å². The predicted molar refractivity (Wildman–Crippen MR) is 63.6 cm³/mol. The molecule has 0 spiro atoms. The second-order valence-corrected chi connectivity index (χ2v) is 3.64. The van der Waals surface area contributed by atoms with Gasteiger partial charge in [-0.2, -0.15) is 0 Å². The minimum atomic E-state index is -0.283. The number of aromatic nitrogens is 1. The molecule has 2 nitrogen and oxygen atoms in total. The Morgan fingerprint density at radius 2 is 2.06 bits per heavy atom. The van der Waals surface area contributed by atoms with Crippen LogP contribution in [0.2, 0.25) is 0 Å². The van der Waals surface area contributed by atoms with Gasteiger partial charge < -0.3 is 5.73 Å². The van der Waals surface area contributed by atoms with Crippen LogP contribution in [-0.2, 0) is 5.88 Å². The molecular formula is C12H10ClFN2. The third-order valence-corrected chi connectivity index (χ3v) is 2.51. The molecule has 0 unspecified atom stereocenters. The first-order chi connectivity index (χ1) is 7.70. The van der Waals surface area contributed by atoms with E-state index in [1.807, 2.05) is 6.07 Å². The lowest BCUT2D eigenvalue weighted by Gasteiger charge is -2.07. The minimum Gasteiger partial charge on any atom is -0.384 e. The lowest BCUT2D eigenvalue weighted by molar-refractivity contribution is 0.628. The van der Waals surface area contributed by atoms with E-state index in [9.17, 15) is 4.39 Å². The molecule has 1 aromatic heterocycles. The number of hydrogen-bond acceptors (Lipinski definition) is 2. The van der Waals surface area contributed by atoms with Crippen LogP contribution in [0.3, 0.4) is 0 Å². The molecular weight excluding hydrogens is 227 g/mol. The number of alkyl halides is 1. The highest BCUT2D eigenvalue weighted by Gasteiger charge is 2.06. The molecule has 82 valence electrons. The van der Waals surface area contributed by atoms with Crippen molar-refractivity contribution in [2.24, 2.45) is 0 Å². The summed E-state index contributed by atoms with van der Waals surface area (Å²) in [5.41, 5.74) is 7.79. The Morgan fingerprint density at radius 1 is 1.25 bits per heavy atom. The van der Waals surface area contributed by atoms with Crippen LogP contribution in [0.15, 0.2) is 36.4 Å². The Balaban J connectivity index is 2.55. The van der Waals surface area contributed by atoms with Crippen LogP contribution in [0.25, 0.3) is 11.1 Å². The first-order valence-corrected chi connectivity index (χ1v) is 5.31. The Hall–Kier alpha value is -1.61. The van der Waals surface area contributed by atoms with Gasteiger partial charge in [0, 0.05) is 5.56 Å². The zero-order valence-corrected chi connectivity index (χ0v) is 9.21. The van der Waals surface area contributed by atoms with E-state index in [2.05, 4.69) is 4.98 Å². The van der Waals surface area contributed by atoms with Gasteiger partial charge in [0.15, 0.2) is 0 Å². The molecule has 0 atom stereocenters. The Labute approximate surface area is 97.9 Å². The summed E-state index contributed by atoms with van der Waals surface area (Å²) < 4.78 is 13.1. The second kappa shape index (κ2) is 4.49. The molecule has 0 saturated heterocycles. The summed E-state index contributed by atoms with van der Waals surface area (Å²) >= 11 is 5.78. The molecule has 0 amide bonds. The van der Waals surface area contributed by atoms with E-state index in [1.165, 1.54) is 12.1 Å². The van der Waals surface area contributed by atoms with Crippen LogP contribution in [-0.4, -0.2) is 4.98 Å². The molecule has 2 N–H and O–H groups in total. The minimum absolute atomic E-state index is 0.247. The molecule has 0 aliphatic rings. The highest BCUT2D eigenvalue weighted by molar-refractivity contribution is 6.17. The quantitative estimate of drug-likeness (QED) is 0.814. The van der Waals surface area contributed by atoms with Crippen LogP contribution < -0.4 is 5.73 Å². The fraction of sp³-hybridized carbons (Fsp3) is 0.0833. The van der Waals surface area contributed by atoms with Gasteiger partial charge in [-0.1, -0.05) is 12.1 Å². The first-order valence-electron chi connectivity index (χ1n) is 4.78. The van der Waals surface area contributed by atoms with Gasteiger partial charge in [0.05, 0.1) is 11.6 Å². The van der Waals surface area contributed by atoms with Crippen LogP contribution in [0, 0.1) is 5.82 Å². The van der Waals surface area contributed by atoms with E-state index < -0.39 is 0 Å². The van der Waals surface area contributed by atoms with Gasteiger partial charge in [-0.3, -0.25) is 0 Å². The second-order valence-electron chi connectivity index (χ2n) is 3.37. The van der Waals surface area contributed by atoms with Crippen LogP contribution in [0.5, 0.6) is 0 Å². The van der Waals surface area contributed by atoms with E-state index in [0.29, 0.717) is 11.5 Å². The summed E-state index contributed by atoms with van der Waals surface area (Å²) in [6.45, 7) is 0. The summed E-state index contributed by atoms with van der Waals surface area (Å²) in [5, 5.41) is 0. The number of nitrogen functional groups attached to an aromatic ring is 1. The highest BCUT2D eigenvalue weighted by Crippen LogP contribution is 2.25. The van der Waals surface area contributed by atoms with Gasteiger partial charge in [-0.15, -0.1) is 11.6 Å². The smallest absolute Gasteiger partial charge is 0.123 e. The lowest BCUT2D eigenvalue weighted by atomic mass is 10.0. The van der Waals surface area contributed by atoms with Gasteiger partial charge in [0.1, 0.15) is 11.6 Å². The number of halogens is 2. The summed E-state index contributed by atoms with van der Waals surface area (Å²) in [7, 11) is 0. The average Bonchev–Trinajstić information content (AvgIpc) is 2.28. The first kappa shape index (κ1) is 10.9. The standard InChI is InChI=1S/C12H10ClFN2/c13-7-11-10(4-5-12(15)16-11)8-2-1-3-9(14)6-8/h1-6H,7H2,(H2,15,16). The number of pyridine rings is 1. The molecule has 4 heteroatoms. The molecule has 16 heavy (non-hydrogen) atoms. The van der Waals surface area contributed by atoms with E-state index in [1.54, 1.807) is 18.2 Å². The largest absolute Gasteiger partial charge is 0.384 e. The average molecular weight is 237 g/mol. The van der Waals surface area contributed by atoms with Crippen molar-refractivity contribution >= 4 is 17.4 Å². The van der Waals surface area contributed by atoms with Gasteiger partial charge in [0.25, 0.3) is 0 Å². The fourth-order valence-electron chi connectivity index (χ4n) is 1.54. The Kier molecular flexibility index (Phi) is 3.06. The predicted octanol–water partition coefficient (Wildman–Crippen LogP) is 3.21. The molecule has 0 radical (unpaired) electrons. The maximum Gasteiger partial charge on any atom is 0.123 e. The maximum absolute atomic E-state index is 13.1. The van der Waals surface area contributed by atoms with Gasteiger partial charge in [-0.25, -0.2) is 9.37 Å². The van der Waals surface area contributed by atoms with Gasteiger partial charge in [0.2, 0.25) is 0 Å². The Morgan fingerprint density at radius 3 is 2.75 bits per heavy atom. The monoisotopic (exact) mass is 236 g/mol. The van der Waals surface area contributed by atoms with Gasteiger partial charge in [-0.05, 0) is 29.8 Å². The number of nitrogens with two attached hydrogens (primary N) is 1. The van der Waals surface area contributed by atoms with Crippen molar-refractivity contribution in [2.75, 3.05) is 5.73 Å². The normalized spacial score (nSPS) is 10.4. The number of hydrogen-bond donors (Lipinski definition) is 1. The van der Waals surface area contributed by atoms with Crippen molar-refractivity contribution in [3.05, 3.63) is 47.9 Å². The topological polar surface area (TPSA) is 38.9 Å². The molecule has 0 fully saturated rings. The number of nitrogens with zero attached hydrogens (tertiary/aromatic N) is 1. The van der Waals surface area contributed by atoms with Gasteiger partial charge >= 0.3 is 0 Å². The zero-order chi connectivity index (χ0) is 11.5. The maximum atomic E-state index is 13.1. The van der Waals surface area contributed by atoms with Crippen LogP contribution in [0.1, 0.15) is 5.69 Å². The Bertz CT molecular complexity index is 514. The van der Waals surface area contributed by atoms with E-state index in [-0.39, 0.29) is 11.7 Å². The fourth-order valence-corrected chi connectivity index (χ4v) is 1.74. The number of benzene rings is 1. The van der Waals surface area contributed by atoms with Crippen molar-refractivity contribution in [3.8, 4) is 11.1 Å². The van der Waals surface area contributed by atoms with Crippen LogP contribution in [0.4, 0.5) is 10.2 Å². The van der Waals surface area contributed by atoms with Crippen molar-refractivity contribution in [3.63, 3.8) is 0 Å². The van der Waals surface area contributed by atoms with Crippen molar-refractivity contribution in [1.82, 2.24) is 4.98 Å². The molecule has 0 aliphatic carbocycles. The molecule has 2 aromatic rings. The van der Waals surface area contributed by atoms with E-state index in [0.717, 1.165) is 11.1 Å².